The summed E-state index contributed by atoms with van der Waals surface area (Å²) in [6.45, 7) is 9.40. The summed E-state index contributed by atoms with van der Waals surface area (Å²) in [5, 5.41) is 13.2. The van der Waals surface area contributed by atoms with Crippen LogP contribution in [-0.4, -0.2) is 45.2 Å². The Labute approximate surface area is 115 Å². The minimum atomic E-state index is -0.501. The second kappa shape index (κ2) is 5.84. The molecular formula is C14H24N4O. The molecule has 0 aliphatic carbocycles. The summed E-state index contributed by atoms with van der Waals surface area (Å²) in [4.78, 5) is 11.3. The second-order valence-electron chi connectivity index (χ2n) is 5.61. The number of piperidine rings is 1. The second-order valence-corrected chi connectivity index (χ2v) is 5.61. The molecule has 0 aromatic carbocycles. The molecule has 1 saturated heterocycles. The van der Waals surface area contributed by atoms with Crippen molar-refractivity contribution < 1.29 is 5.11 Å². The van der Waals surface area contributed by atoms with Gasteiger partial charge in [0.05, 0.1) is 12.1 Å². The number of nitrogens with zero attached hydrogens (tertiary/aromatic N) is 3. The van der Waals surface area contributed by atoms with Gasteiger partial charge in [0, 0.05) is 31.4 Å². The number of likely N-dealkylation sites (tertiary alicyclic amines) is 1. The van der Waals surface area contributed by atoms with E-state index in [1.807, 2.05) is 19.9 Å². The van der Waals surface area contributed by atoms with Crippen molar-refractivity contribution in [3.8, 4) is 0 Å². The van der Waals surface area contributed by atoms with Crippen molar-refractivity contribution in [3.05, 3.63) is 17.6 Å². The molecule has 0 bridgehead atoms. The number of hydrogen-bond donors (Lipinski definition) is 2. The maximum Gasteiger partial charge on any atom is 0.144 e. The van der Waals surface area contributed by atoms with Crippen LogP contribution in [0.15, 0.2) is 6.07 Å². The lowest BCUT2D eigenvalue weighted by Gasteiger charge is -2.35. The summed E-state index contributed by atoms with van der Waals surface area (Å²) >= 11 is 0. The van der Waals surface area contributed by atoms with E-state index in [4.69, 9.17) is 0 Å². The van der Waals surface area contributed by atoms with Gasteiger partial charge in [-0.3, -0.25) is 4.90 Å². The molecule has 1 fully saturated rings. The highest BCUT2D eigenvalue weighted by Crippen LogP contribution is 2.22. The predicted molar refractivity (Wildman–Crippen MR) is 76.1 cm³/mol. The van der Waals surface area contributed by atoms with Crippen LogP contribution in [0.5, 0.6) is 0 Å². The fourth-order valence-corrected chi connectivity index (χ4v) is 2.37. The van der Waals surface area contributed by atoms with Gasteiger partial charge in [-0.1, -0.05) is 0 Å². The van der Waals surface area contributed by atoms with Crippen LogP contribution in [0, 0.1) is 6.92 Å². The average Bonchev–Trinajstić information content (AvgIpc) is 2.32. The summed E-state index contributed by atoms with van der Waals surface area (Å²) in [6, 6.07) is 1.97. The normalized spacial score (nSPS) is 19.4. The summed E-state index contributed by atoms with van der Waals surface area (Å²) in [6.07, 6.45) is 1.64. The quantitative estimate of drug-likeness (QED) is 0.864. The zero-order valence-electron chi connectivity index (χ0n) is 12.1. The largest absolute Gasteiger partial charge is 0.390 e. The standard InChI is InChI=1S/C14H24N4O/c1-4-15-12-9-11(2)16-13(17-12)10-18-7-5-14(3,19)6-8-18/h9,19H,4-8,10H2,1-3H3,(H,15,16,17). The lowest BCUT2D eigenvalue weighted by Crippen LogP contribution is -2.42. The van der Waals surface area contributed by atoms with Gasteiger partial charge in [0.2, 0.25) is 0 Å². The van der Waals surface area contributed by atoms with Crippen molar-refractivity contribution in [1.82, 2.24) is 14.9 Å². The van der Waals surface area contributed by atoms with Crippen molar-refractivity contribution in [2.45, 2.75) is 45.8 Å². The number of aromatic nitrogens is 2. The van der Waals surface area contributed by atoms with Crippen LogP contribution in [-0.2, 0) is 6.54 Å². The number of rotatable bonds is 4. The third kappa shape index (κ3) is 4.14. The van der Waals surface area contributed by atoms with Crippen LogP contribution in [0.4, 0.5) is 5.82 Å². The van der Waals surface area contributed by atoms with Crippen molar-refractivity contribution >= 4 is 5.82 Å². The zero-order chi connectivity index (χ0) is 13.9. The Hall–Kier alpha value is -1.20. The van der Waals surface area contributed by atoms with Gasteiger partial charge in [0.15, 0.2) is 0 Å². The molecule has 106 valence electrons. The first kappa shape index (κ1) is 14.2. The summed E-state index contributed by atoms with van der Waals surface area (Å²) < 4.78 is 0. The van der Waals surface area contributed by atoms with Gasteiger partial charge < -0.3 is 10.4 Å². The maximum absolute atomic E-state index is 9.95. The van der Waals surface area contributed by atoms with Gasteiger partial charge in [0.25, 0.3) is 0 Å². The summed E-state index contributed by atoms with van der Waals surface area (Å²) in [5.74, 6) is 1.76. The van der Waals surface area contributed by atoms with E-state index in [1.54, 1.807) is 0 Å². The molecule has 2 N–H and O–H groups in total. The van der Waals surface area contributed by atoms with E-state index in [2.05, 4.69) is 27.1 Å². The molecule has 0 saturated carbocycles. The smallest absolute Gasteiger partial charge is 0.144 e. The fraction of sp³-hybridized carbons (Fsp3) is 0.714. The number of aryl methyl sites for hydroxylation is 1. The lowest BCUT2D eigenvalue weighted by molar-refractivity contribution is -0.00788. The Bertz CT molecular complexity index is 423. The molecule has 1 aliphatic heterocycles. The van der Waals surface area contributed by atoms with Gasteiger partial charge >= 0.3 is 0 Å². The van der Waals surface area contributed by atoms with Crippen molar-refractivity contribution in [2.75, 3.05) is 25.0 Å². The van der Waals surface area contributed by atoms with Crippen LogP contribution >= 0.6 is 0 Å². The molecule has 1 aromatic rings. The van der Waals surface area contributed by atoms with Crippen molar-refractivity contribution in [3.63, 3.8) is 0 Å². The molecule has 0 atom stereocenters. The molecule has 5 nitrogen and oxygen atoms in total. The van der Waals surface area contributed by atoms with Gasteiger partial charge in [-0.2, -0.15) is 0 Å². The van der Waals surface area contributed by atoms with Crippen LogP contribution in [0.1, 0.15) is 38.2 Å². The lowest BCUT2D eigenvalue weighted by atomic mass is 9.94. The van der Waals surface area contributed by atoms with Crippen molar-refractivity contribution in [2.24, 2.45) is 0 Å². The molecule has 0 spiro atoms. The summed E-state index contributed by atoms with van der Waals surface area (Å²) in [7, 11) is 0. The van der Waals surface area contributed by atoms with Crippen LogP contribution < -0.4 is 5.32 Å². The molecule has 19 heavy (non-hydrogen) atoms. The van der Waals surface area contributed by atoms with E-state index in [0.29, 0.717) is 0 Å². The molecule has 0 amide bonds. The molecule has 2 heterocycles. The van der Waals surface area contributed by atoms with Gasteiger partial charge in [-0.25, -0.2) is 9.97 Å². The number of aliphatic hydroxyl groups is 1. The first-order chi connectivity index (χ1) is 8.98. The topological polar surface area (TPSA) is 61.3 Å². The molecule has 1 aliphatic rings. The Morgan fingerprint density at radius 3 is 2.68 bits per heavy atom. The predicted octanol–water partition coefficient (Wildman–Crippen LogP) is 1.56. The minimum absolute atomic E-state index is 0.501. The Balaban J connectivity index is 1.99. The zero-order valence-corrected chi connectivity index (χ0v) is 12.1. The highest BCUT2D eigenvalue weighted by Gasteiger charge is 2.27. The third-order valence-electron chi connectivity index (χ3n) is 3.56. The highest BCUT2D eigenvalue weighted by molar-refractivity contribution is 5.35. The third-order valence-corrected chi connectivity index (χ3v) is 3.56. The van der Waals surface area contributed by atoms with E-state index >= 15 is 0 Å². The first-order valence-corrected chi connectivity index (χ1v) is 7.02. The van der Waals surface area contributed by atoms with Gasteiger partial charge in [0.1, 0.15) is 11.6 Å². The molecule has 5 heteroatoms. The number of hydrogen-bond acceptors (Lipinski definition) is 5. The van der Waals surface area contributed by atoms with E-state index < -0.39 is 5.60 Å². The van der Waals surface area contributed by atoms with E-state index in [0.717, 1.165) is 56.4 Å². The van der Waals surface area contributed by atoms with E-state index in [1.165, 1.54) is 0 Å². The molecule has 2 rings (SSSR count). The molecule has 0 radical (unpaired) electrons. The van der Waals surface area contributed by atoms with E-state index in [9.17, 15) is 5.11 Å². The molecule has 1 aromatic heterocycles. The minimum Gasteiger partial charge on any atom is -0.390 e. The van der Waals surface area contributed by atoms with Gasteiger partial charge in [-0.15, -0.1) is 0 Å². The van der Waals surface area contributed by atoms with E-state index in [-0.39, 0.29) is 0 Å². The first-order valence-electron chi connectivity index (χ1n) is 7.02. The molecule has 0 unspecified atom stereocenters. The average molecular weight is 264 g/mol. The highest BCUT2D eigenvalue weighted by atomic mass is 16.3. The maximum atomic E-state index is 9.95. The van der Waals surface area contributed by atoms with Crippen LogP contribution in [0.2, 0.25) is 0 Å². The Kier molecular flexibility index (Phi) is 4.37. The molecular weight excluding hydrogens is 240 g/mol. The van der Waals surface area contributed by atoms with Crippen molar-refractivity contribution in [1.29, 1.82) is 0 Å². The SMILES string of the molecule is CCNc1cc(C)nc(CN2CCC(C)(O)CC2)n1. The fourth-order valence-electron chi connectivity index (χ4n) is 2.37. The summed E-state index contributed by atoms with van der Waals surface area (Å²) in [5.41, 5.74) is 0.490. The number of anilines is 1. The van der Waals surface area contributed by atoms with Gasteiger partial charge in [-0.05, 0) is 33.6 Å². The monoisotopic (exact) mass is 264 g/mol. The Morgan fingerprint density at radius 1 is 1.37 bits per heavy atom. The Morgan fingerprint density at radius 2 is 2.05 bits per heavy atom. The van der Waals surface area contributed by atoms with Crippen LogP contribution in [0.25, 0.3) is 0 Å². The van der Waals surface area contributed by atoms with Crippen LogP contribution in [0.3, 0.4) is 0 Å². The number of nitrogens with one attached hydrogen (secondary N) is 1.